The molecule has 0 aliphatic heterocycles. The zero-order chi connectivity index (χ0) is 34.7. The highest BCUT2D eigenvalue weighted by Gasteiger charge is 2.35. The summed E-state index contributed by atoms with van der Waals surface area (Å²) < 4.78 is 54.3. The number of hydrogen-bond acceptors (Lipinski definition) is 6. The molecule has 11 heteroatoms. The summed E-state index contributed by atoms with van der Waals surface area (Å²) >= 11 is 0. The predicted octanol–water partition coefficient (Wildman–Crippen LogP) is 5.90. The van der Waals surface area contributed by atoms with Crippen LogP contribution in [0.15, 0.2) is 102 Å². The van der Waals surface area contributed by atoms with Crippen molar-refractivity contribution in [2.75, 3.05) is 31.6 Å². The van der Waals surface area contributed by atoms with E-state index in [1.54, 1.807) is 36.4 Å². The van der Waals surface area contributed by atoms with Crippen molar-refractivity contribution < 1.29 is 31.9 Å². The molecule has 0 aliphatic rings. The first-order valence-electron chi connectivity index (χ1n) is 15.7. The van der Waals surface area contributed by atoms with Crippen LogP contribution < -0.4 is 19.1 Å². The van der Waals surface area contributed by atoms with Crippen molar-refractivity contribution in [3.8, 4) is 11.5 Å². The summed E-state index contributed by atoms with van der Waals surface area (Å²) in [6, 6.07) is 24.9. The number of benzene rings is 4. The van der Waals surface area contributed by atoms with Gasteiger partial charge in [-0.25, -0.2) is 12.8 Å². The molecule has 0 saturated carbocycles. The highest BCUT2D eigenvalue weighted by atomic mass is 32.2. The van der Waals surface area contributed by atoms with E-state index < -0.39 is 34.3 Å². The Morgan fingerprint density at radius 2 is 1.52 bits per heavy atom. The number of hydrogen-bond donors (Lipinski definition) is 1. The topological polar surface area (TPSA) is 105 Å². The Morgan fingerprint density at radius 1 is 0.854 bits per heavy atom. The maximum Gasteiger partial charge on any atom is 0.264 e. The molecule has 0 saturated heterocycles. The Bertz CT molecular complexity index is 1770. The Morgan fingerprint density at radius 3 is 2.15 bits per heavy atom. The van der Waals surface area contributed by atoms with E-state index in [2.05, 4.69) is 5.32 Å². The number of carbonyl (C=O) groups excluding carboxylic acids is 2. The normalized spacial score (nSPS) is 11.8. The fourth-order valence-corrected chi connectivity index (χ4v) is 6.62. The summed E-state index contributed by atoms with van der Waals surface area (Å²) in [4.78, 5) is 29.7. The van der Waals surface area contributed by atoms with Crippen molar-refractivity contribution in [1.82, 2.24) is 10.2 Å². The van der Waals surface area contributed by atoms with Gasteiger partial charge in [-0.05, 0) is 60.9 Å². The van der Waals surface area contributed by atoms with Crippen LogP contribution in [0, 0.1) is 12.7 Å². The number of sulfonamides is 1. The number of amides is 2. The molecule has 0 spiro atoms. The number of carbonyl (C=O) groups is 2. The molecule has 48 heavy (non-hydrogen) atoms. The number of unbranched alkanes of at least 4 members (excludes halogenated alkanes) is 1. The van der Waals surface area contributed by atoms with E-state index in [0.717, 1.165) is 28.3 Å². The van der Waals surface area contributed by atoms with Crippen LogP contribution in [0.2, 0.25) is 0 Å². The molecule has 0 heterocycles. The molecule has 254 valence electrons. The molecule has 0 fully saturated rings. The van der Waals surface area contributed by atoms with E-state index in [-0.39, 0.29) is 35.2 Å². The van der Waals surface area contributed by atoms with Gasteiger partial charge in [-0.3, -0.25) is 13.9 Å². The molecular formula is C37H42FN3O6S. The lowest BCUT2D eigenvalue weighted by Crippen LogP contribution is -2.53. The fraction of sp³-hybridized carbons (Fsp3) is 0.297. The second kappa shape index (κ2) is 16.8. The van der Waals surface area contributed by atoms with Crippen LogP contribution in [0.5, 0.6) is 11.5 Å². The van der Waals surface area contributed by atoms with Gasteiger partial charge in [-0.1, -0.05) is 73.5 Å². The molecule has 1 unspecified atom stereocenters. The third-order valence-corrected chi connectivity index (χ3v) is 9.68. The predicted molar refractivity (Wildman–Crippen MR) is 184 cm³/mol. The SMILES string of the molecule is CCCCNC(=O)C(Cc1ccccc1)N(Cc1ccc(F)cc1)C(=O)CN(c1ccc(C)cc1)S(=O)(=O)c1ccc(OC)c(OC)c1. The van der Waals surface area contributed by atoms with E-state index in [1.165, 1.54) is 49.5 Å². The standard InChI is InChI=1S/C37H42FN3O6S/c1-5-6-22-39-37(43)33(23-28-10-8-7-9-11-28)40(25-29-14-16-30(38)17-15-29)36(42)26-41(31-18-12-27(2)13-19-31)48(44,45)32-20-21-34(46-3)35(24-32)47-4/h7-21,24,33H,5-6,22-23,25-26H2,1-4H3,(H,39,43). The third kappa shape index (κ3) is 9.13. The average Bonchev–Trinajstić information content (AvgIpc) is 3.10. The summed E-state index contributed by atoms with van der Waals surface area (Å²) in [7, 11) is -1.50. The van der Waals surface area contributed by atoms with Gasteiger partial charge in [0.25, 0.3) is 10.0 Å². The zero-order valence-corrected chi connectivity index (χ0v) is 28.5. The van der Waals surface area contributed by atoms with E-state index in [0.29, 0.717) is 17.9 Å². The molecule has 0 radical (unpaired) electrons. The molecule has 0 aromatic heterocycles. The Hall–Kier alpha value is -4.90. The number of nitrogens with zero attached hydrogens (tertiary/aromatic N) is 2. The zero-order valence-electron chi connectivity index (χ0n) is 27.7. The van der Waals surface area contributed by atoms with Crippen LogP contribution in [0.3, 0.4) is 0 Å². The van der Waals surface area contributed by atoms with Gasteiger partial charge >= 0.3 is 0 Å². The molecule has 1 atom stereocenters. The minimum Gasteiger partial charge on any atom is -0.493 e. The summed E-state index contributed by atoms with van der Waals surface area (Å²) in [6.45, 7) is 3.63. The lowest BCUT2D eigenvalue weighted by molar-refractivity contribution is -0.140. The molecule has 0 bridgehead atoms. The van der Waals surface area contributed by atoms with Crippen LogP contribution in [0.25, 0.3) is 0 Å². The summed E-state index contributed by atoms with van der Waals surface area (Å²) in [6.07, 6.45) is 1.79. The molecule has 9 nitrogen and oxygen atoms in total. The van der Waals surface area contributed by atoms with Crippen molar-refractivity contribution in [3.05, 3.63) is 120 Å². The smallest absolute Gasteiger partial charge is 0.264 e. The first kappa shape index (κ1) is 35.9. The molecule has 4 aromatic carbocycles. The summed E-state index contributed by atoms with van der Waals surface area (Å²) in [5.74, 6) is -0.875. The molecule has 4 rings (SSSR count). The molecule has 2 amide bonds. The molecule has 0 aliphatic carbocycles. The van der Waals surface area contributed by atoms with Crippen LogP contribution in [0.1, 0.15) is 36.5 Å². The van der Waals surface area contributed by atoms with Gasteiger partial charge in [0.2, 0.25) is 11.8 Å². The van der Waals surface area contributed by atoms with Gasteiger partial charge in [0, 0.05) is 25.6 Å². The number of anilines is 1. The minimum atomic E-state index is -4.35. The maximum atomic E-state index is 14.6. The maximum absolute atomic E-state index is 14.6. The first-order valence-corrected chi connectivity index (χ1v) is 17.2. The Kier molecular flexibility index (Phi) is 12.6. The Labute approximate surface area is 282 Å². The number of halogens is 1. The van der Waals surface area contributed by atoms with Gasteiger partial charge in [-0.15, -0.1) is 0 Å². The van der Waals surface area contributed by atoms with E-state index in [4.69, 9.17) is 9.47 Å². The van der Waals surface area contributed by atoms with Crippen molar-refractivity contribution in [1.29, 1.82) is 0 Å². The quantitative estimate of drug-likeness (QED) is 0.148. The van der Waals surface area contributed by atoms with Crippen LogP contribution in [0.4, 0.5) is 10.1 Å². The third-order valence-electron chi connectivity index (χ3n) is 7.91. The van der Waals surface area contributed by atoms with Crippen LogP contribution >= 0.6 is 0 Å². The number of ether oxygens (including phenoxy) is 2. The summed E-state index contributed by atoms with van der Waals surface area (Å²) in [5, 5.41) is 2.95. The number of rotatable bonds is 16. The second-order valence-corrected chi connectivity index (χ2v) is 13.2. The van der Waals surface area contributed by atoms with Gasteiger partial charge in [0.15, 0.2) is 11.5 Å². The highest BCUT2D eigenvalue weighted by Crippen LogP contribution is 2.32. The molecule has 1 N–H and O–H groups in total. The largest absolute Gasteiger partial charge is 0.493 e. The fourth-order valence-electron chi connectivity index (χ4n) is 5.19. The first-order chi connectivity index (χ1) is 23.1. The number of methoxy groups -OCH3 is 2. The monoisotopic (exact) mass is 675 g/mol. The van der Waals surface area contributed by atoms with Crippen LogP contribution in [-0.4, -0.2) is 58.5 Å². The average molecular weight is 676 g/mol. The van der Waals surface area contributed by atoms with Crippen molar-refractivity contribution in [2.24, 2.45) is 0 Å². The van der Waals surface area contributed by atoms with E-state index in [1.807, 2.05) is 44.2 Å². The van der Waals surface area contributed by atoms with Gasteiger partial charge in [-0.2, -0.15) is 0 Å². The second-order valence-electron chi connectivity index (χ2n) is 11.4. The highest BCUT2D eigenvalue weighted by molar-refractivity contribution is 7.92. The summed E-state index contributed by atoms with van der Waals surface area (Å²) in [5.41, 5.74) is 2.56. The van der Waals surface area contributed by atoms with Crippen molar-refractivity contribution in [2.45, 2.75) is 50.6 Å². The van der Waals surface area contributed by atoms with E-state index in [9.17, 15) is 22.4 Å². The number of aryl methyl sites for hydroxylation is 1. The Balaban J connectivity index is 1.80. The van der Waals surface area contributed by atoms with Gasteiger partial charge in [0.1, 0.15) is 18.4 Å². The van der Waals surface area contributed by atoms with Crippen molar-refractivity contribution in [3.63, 3.8) is 0 Å². The minimum absolute atomic E-state index is 0.0596. The lowest BCUT2D eigenvalue weighted by Gasteiger charge is -2.34. The number of nitrogens with one attached hydrogen (secondary N) is 1. The van der Waals surface area contributed by atoms with E-state index >= 15 is 0 Å². The van der Waals surface area contributed by atoms with Crippen LogP contribution in [-0.2, 0) is 32.6 Å². The van der Waals surface area contributed by atoms with Gasteiger partial charge < -0.3 is 19.7 Å². The lowest BCUT2D eigenvalue weighted by atomic mass is 10.0. The van der Waals surface area contributed by atoms with Crippen molar-refractivity contribution >= 4 is 27.5 Å². The van der Waals surface area contributed by atoms with Gasteiger partial charge in [0.05, 0.1) is 24.8 Å². The molecule has 4 aromatic rings. The molecular weight excluding hydrogens is 633 g/mol.